The number of carbonyl (C=O) groups is 1. The fourth-order valence-electron chi connectivity index (χ4n) is 2.33. The summed E-state index contributed by atoms with van der Waals surface area (Å²) >= 11 is 5.96. The topological polar surface area (TPSA) is 77.2 Å². The van der Waals surface area contributed by atoms with Crippen LogP contribution in [0.5, 0.6) is 5.75 Å². The third-order valence-corrected chi connectivity index (χ3v) is 4.22. The van der Waals surface area contributed by atoms with Crippen molar-refractivity contribution < 1.29 is 18.4 Å². The number of benzene rings is 2. The molecule has 1 unspecified atom stereocenters. The molecule has 0 saturated carbocycles. The minimum Gasteiger partial charge on any atom is -0.484 e. The molecule has 27 heavy (non-hydrogen) atoms. The van der Waals surface area contributed by atoms with Crippen molar-refractivity contribution in [2.75, 3.05) is 6.61 Å². The molecule has 0 fully saturated rings. The molecular formula is C19H17ClFN3O3. The summed E-state index contributed by atoms with van der Waals surface area (Å²) in [5.74, 6) is 0.427. The summed E-state index contributed by atoms with van der Waals surface area (Å²) in [6.45, 7) is 3.41. The van der Waals surface area contributed by atoms with Gasteiger partial charge in [-0.05, 0) is 61.9 Å². The highest BCUT2D eigenvalue weighted by Gasteiger charge is 2.17. The van der Waals surface area contributed by atoms with Crippen LogP contribution in [-0.2, 0) is 4.79 Å². The van der Waals surface area contributed by atoms with E-state index >= 15 is 0 Å². The molecule has 1 N–H and O–H groups in total. The van der Waals surface area contributed by atoms with E-state index in [0.717, 1.165) is 5.56 Å². The number of halogens is 2. The maximum atomic E-state index is 13.0. The summed E-state index contributed by atoms with van der Waals surface area (Å²) in [4.78, 5) is 16.3. The van der Waals surface area contributed by atoms with E-state index in [-0.39, 0.29) is 24.2 Å². The number of aryl methyl sites for hydroxylation is 1. The normalized spacial score (nSPS) is 11.9. The molecule has 0 bridgehead atoms. The van der Waals surface area contributed by atoms with Gasteiger partial charge in [0, 0.05) is 10.6 Å². The Morgan fingerprint density at radius 3 is 2.74 bits per heavy atom. The van der Waals surface area contributed by atoms with Gasteiger partial charge in [-0.25, -0.2) is 4.39 Å². The van der Waals surface area contributed by atoms with Crippen LogP contribution in [0.25, 0.3) is 11.4 Å². The van der Waals surface area contributed by atoms with E-state index in [0.29, 0.717) is 22.2 Å². The number of nitrogens with one attached hydrogen (secondary N) is 1. The number of carbonyl (C=O) groups excluding carboxylic acids is 1. The van der Waals surface area contributed by atoms with Gasteiger partial charge in [0.15, 0.2) is 6.61 Å². The second kappa shape index (κ2) is 8.18. The highest BCUT2D eigenvalue weighted by molar-refractivity contribution is 6.31. The SMILES string of the molecule is Cc1cc(OCC(=O)NC(C)c2nc(-c3ccc(F)cc3)no2)ccc1Cl. The molecule has 1 heterocycles. The lowest BCUT2D eigenvalue weighted by Crippen LogP contribution is -2.31. The van der Waals surface area contributed by atoms with E-state index in [1.807, 2.05) is 6.92 Å². The average molecular weight is 390 g/mol. The maximum Gasteiger partial charge on any atom is 0.258 e. The van der Waals surface area contributed by atoms with Crippen LogP contribution in [0.2, 0.25) is 5.02 Å². The van der Waals surface area contributed by atoms with E-state index in [4.69, 9.17) is 20.9 Å². The van der Waals surface area contributed by atoms with Crippen molar-refractivity contribution in [1.82, 2.24) is 15.5 Å². The highest BCUT2D eigenvalue weighted by Crippen LogP contribution is 2.21. The largest absolute Gasteiger partial charge is 0.484 e. The molecular weight excluding hydrogens is 373 g/mol. The van der Waals surface area contributed by atoms with Crippen molar-refractivity contribution in [2.24, 2.45) is 0 Å². The van der Waals surface area contributed by atoms with Crippen molar-refractivity contribution in [1.29, 1.82) is 0 Å². The van der Waals surface area contributed by atoms with Gasteiger partial charge < -0.3 is 14.6 Å². The molecule has 1 atom stereocenters. The van der Waals surface area contributed by atoms with Crippen LogP contribution >= 0.6 is 11.6 Å². The molecule has 3 aromatic rings. The second-order valence-corrected chi connectivity index (χ2v) is 6.36. The molecule has 0 aliphatic heterocycles. The lowest BCUT2D eigenvalue weighted by atomic mass is 10.2. The quantitative estimate of drug-likeness (QED) is 0.687. The number of amides is 1. The van der Waals surface area contributed by atoms with Gasteiger partial charge in [-0.1, -0.05) is 16.8 Å². The number of rotatable bonds is 6. The van der Waals surface area contributed by atoms with Crippen molar-refractivity contribution in [3.63, 3.8) is 0 Å². The third-order valence-electron chi connectivity index (χ3n) is 3.79. The van der Waals surface area contributed by atoms with E-state index in [9.17, 15) is 9.18 Å². The molecule has 140 valence electrons. The van der Waals surface area contributed by atoms with E-state index in [1.165, 1.54) is 12.1 Å². The van der Waals surface area contributed by atoms with Crippen molar-refractivity contribution in [2.45, 2.75) is 19.9 Å². The van der Waals surface area contributed by atoms with Gasteiger partial charge in [-0.2, -0.15) is 4.98 Å². The molecule has 3 rings (SSSR count). The van der Waals surface area contributed by atoms with Gasteiger partial charge in [-0.3, -0.25) is 4.79 Å². The number of hydrogen-bond donors (Lipinski definition) is 1. The summed E-state index contributed by atoms with van der Waals surface area (Å²) < 4.78 is 23.6. The summed E-state index contributed by atoms with van der Waals surface area (Å²) in [5, 5.41) is 7.21. The number of nitrogens with zero attached hydrogens (tertiary/aromatic N) is 2. The van der Waals surface area contributed by atoms with Gasteiger partial charge in [0.1, 0.15) is 17.6 Å². The fraction of sp³-hybridized carbons (Fsp3) is 0.211. The van der Waals surface area contributed by atoms with Crippen LogP contribution < -0.4 is 10.1 Å². The van der Waals surface area contributed by atoms with Crippen LogP contribution in [0.15, 0.2) is 47.0 Å². The summed E-state index contributed by atoms with van der Waals surface area (Å²) in [6, 6.07) is 10.4. The molecule has 2 aromatic carbocycles. The lowest BCUT2D eigenvalue weighted by molar-refractivity contribution is -0.123. The zero-order valence-corrected chi connectivity index (χ0v) is 15.5. The zero-order chi connectivity index (χ0) is 19.4. The highest BCUT2D eigenvalue weighted by atomic mass is 35.5. The zero-order valence-electron chi connectivity index (χ0n) is 14.7. The Labute approximate surface area is 160 Å². The van der Waals surface area contributed by atoms with Crippen molar-refractivity contribution in [3.05, 3.63) is 64.8 Å². The average Bonchev–Trinajstić information content (AvgIpc) is 3.13. The third kappa shape index (κ3) is 4.83. The minimum absolute atomic E-state index is 0.162. The van der Waals surface area contributed by atoms with Crippen molar-refractivity contribution >= 4 is 17.5 Å². The van der Waals surface area contributed by atoms with Gasteiger partial charge in [0.05, 0.1) is 0 Å². The predicted molar refractivity (Wildman–Crippen MR) is 97.9 cm³/mol. The molecule has 1 amide bonds. The summed E-state index contributed by atoms with van der Waals surface area (Å²) in [7, 11) is 0. The Morgan fingerprint density at radius 2 is 2.04 bits per heavy atom. The number of aromatic nitrogens is 2. The summed E-state index contributed by atoms with van der Waals surface area (Å²) in [6.07, 6.45) is 0. The fourth-order valence-corrected chi connectivity index (χ4v) is 2.45. The van der Waals surface area contributed by atoms with Gasteiger partial charge in [0.25, 0.3) is 5.91 Å². The van der Waals surface area contributed by atoms with Gasteiger partial charge >= 0.3 is 0 Å². The van der Waals surface area contributed by atoms with Crippen LogP contribution in [0, 0.1) is 12.7 Å². The first-order valence-corrected chi connectivity index (χ1v) is 8.58. The van der Waals surface area contributed by atoms with Crippen LogP contribution in [-0.4, -0.2) is 22.7 Å². The second-order valence-electron chi connectivity index (χ2n) is 5.95. The Morgan fingerprint density at radius 1 is 1.30 bits per heavy atom. The van der Waals surface area contributed by atoms with Crippen LogP contribution in [0.4, 0.5) is 4.39 Å². The number of hydrogen-bond acceptors (Lipinski definition) is 5. The lowest BCUT2D eigenvalue weighted by Gasteiger charge is -2.11. The van der Waals surface area contributed by atoms with Crippen LogP contribution in [0.3, 0.4) is 0 Å². The number of ether oxygens (including phenoxy) is 1. The Bertz CT molecular complexity index is 944. The maximum absolute atomic E-state index is 13.0. The first-order valence-electron chi connectivity index (χ1n) is 8.20. The monoisotopic (exact) mass is 389 g/mol. The van der Waals surface area contributed by atoms with E-state index < -0.39 is 6.04 Å². The van der Waals surface area contributed by atoms with Crippen molar-refractivity contribution in [3.8, 4) is 17.1 Å². The molecule has 6 nitrogen and oxygen atoms in total. The Kier molecular flexibility index (Phi) is 5.71. The van der Waals surface area contributed by atoms with E-state index in [1.54, 1.807) is 37.3 Å². The first kappa shape index (κ1) is 18.8. The van der Waals surface area contributed by atoms with Gasteiger partial charge in [0.2, 0.25) is 11.7 Å². The standard InChI is InChI=1S/C19H17ClFN3O3/c1-11-9-15(7-8-16(11)20)26-10-17(25)22-12(2)19-23-18(24-27-19)13-3-5-14(21)6-4-13/h3-9,12H,10H2,1-2H3,(H,22,25). The Balaban J connectivity index is 1.56. The molecule has 8 heteroatoms. The van der Waals surface area contributed by atoms with Gasteiger partial charge in [-0.15, -0.1) is 0 Å². The Hall–Kier alpha value is -2.93. The molecule has 0 saturated heterocycles. The molecule has 0 spiro atoms. The molecule has 0 aliphatic carbocycles. The predicted octanol–water partition coefficient (Wildman–Crippen LogP) is 4.09. The molecule has 1 aromatic heterocycles. The van der Waals surface area contributed by atoms with Crippen LogP contribution in [0.1, 0.15) is 24.4 Å². The minimum atomic E-state index is -0.505. The summed E-state index contributed by atoms with van der Waals surface area (Å²) in [5.41, 5.74) is 1.48. The molecule has 0 aliphatic rings. The smallest absolute Gasteiger partial charge is 0.258 e. The molecule has 0 radical (unpaired) electrons. The first-order chi connectivity index (χ1) is 12.9. The van der Waals surface area contributed by atoms with E-state index in [2.05, 4.69) is 15.5 Å².